The number of H-pyrrole nitrogens is 1. The normalized spacial score (nSPS) is 15.6. The molecule has 4 rings (SSSR count). The SMILES string of the molecule is NCCCNCc1ccc(N2C=c3cc(-c4ccncc4)[nH]c3=NC2O)cc1. The molecule has 0 radical (unpaired) electrons. The molecule has 1 unspecified atom stereocenters. The van der Waals surface area contributed by atoms with Crippen molar-refractivity contribution in [1.82, 2.24) is 15.3 Å². The number of hydrogen-bond donors (Lipinski definition) is 4. The van der Waals surface area contributed by atoms with Crippen LogP contribution in [0, 0.1) is 0 Å². The van der Waals surface area contributed by atoms with Crippen LogP contribution in [0.3, 0.4) is 0 Å². The molecule has 3 aromatic rings. The van der Waals surface area contributed by atoms with Gasteiger partial charge in [0.15, 0.2) is 0 Å². The standard InChI is InChI=1S/C21H24N6O/c22-8-1-9-24-13-15-2-4-18(5-3-15)27-14-17-12-19(16-6-10-23-11-7-16)25-20(17)26-21(27)28/h2-7,10-12,14,21,24,28H,1,8-9,13,22H2,(H,25,26). The number of pyridine rings is 1. The lowest BCUT2D eigenvalue weighted by atomic mass is 10.2. The molecule has 1 aromatic carbocycles. The summed E-state index contributed by atoms with van der Waals surface area (Å²) < 4.78 is 0. The fraction of sp³-hybridized carbons (Fsp3) is 0.238. The Bertz CT molecular complexity index is 1030. The maximum atomic E-state index is 10.5. The topological polar surface area (TPSA) is 103 Å². The first-order valence-corrected chi connectivity index (χ1v) is 9.40. The van der Waals surface area contributed by atoms with Crippen LogP contribution in [0.4, 0.5) is 5.69 Å². The highest BCUT2D eigenvalue weighted by Gasteiger charge is 2.17. The maximum absolute atomic E-state index is 10.5. The Morgan fingerprint density at radius 3 is 2.68 bits per heavy atom. The molecular weight excluding hydrogens is 352 g/mol. The first-order valence-electron chi connectivity index (χ1n) is 9.40. The molecule has 1 aliphatic heterocycles. The number of anilines is 1. The van der Waals surface area contributed by atoms with E-state index in [0.717, 1.165) is 41.7 Å². The van der Waals surface area contributed by atoms with Crippen LogP contribution in [0.5, 0.6) is 0 Å². The van der Waals surface area contributed by atoms with Gasteiger partial charge in [-0.05, 0) is 55.4 Å². The minimum absolute atomic E-state index is 0.677. The average Bonchev–Trinajstić information content (AvgIpc) is 3.15. The van der Waals surface area contributed by atoms with E-state index in [1.807, 2.05) is 36.5 Å². The number of aromatic nitrogens is 2. The third kappa shape index (κ3) is 3.96. The Kier molecular flexibility index (Phi) is 5.48. The van der Waals surface area contributed by atoms with Crippen LogP contribution in [-0.4, -0.2) is 34.5 Å². The summed E-state index contributed by atoms with van der Waals surface area (Å²) in [4.78, 5) is 13.5. The Balaban J connectivity index is 1.54. The molecule has 28 heavy (non-hydrogen) atoms. The fourth-order valence-electron chi connectivity index (χ4n) is 3.20. The van der Waals surface area contributed by atoms with Gasteiger partial charge in [0.2, 0.25) is 6.35 Å². The van der Waals surface area contributed by atoms with Crippen molar-refractivity contribution in [3.63, 3.8) is 0 Å². The van der Waals surface area contributed by atoms with E-state index in [9.17, 15) is 5.11 Å². The molecule has 0 aliphatic carbocycles. The zero-order valence-electron chi connectivity index (χ0n) is 15.5. The second-order valence-corrected chi connectivity index (χ2v) is 6.72. The van der Waals surface area contributed by atoms with Gasteiger partial charge < -0.3 is 26.0 Å². The van der Waals surface area contributed by atoms with Gasteiger partial charge in [-0.25, -0.2) is 4.99 Å². The number of hydrogen-bond acceptors (Lipinski definition) is 6. The molecule has 7 heteroatoms. The van der Waals surface area contributed by atoms with Gasteiger partial charge in [-0.3, -0.25) is 4.98 Å². The van der Waals surface area contributed by atoms with Gasteiger partial charge >= 0.3 is 0 Å². The number of aromatic amines is 1. The monoisotopic (exact) mass is 376 g/mol. The molecule has 1 aliphatic rings. The third-order valence-corrected chi connectivity index (χ3v) is 4.71. The zero-order valence-corrected chi connectivity index (χ0v) is 15.5. The predicted octanol–water partition coefficient (Wildman–Crippen LogP) is 0.669. The largest absolute Gasteiger partial charge is 0.355 e. The molecule has 1 atom stereocenters. The first kappa shape index (κ1) is 18.4. The summed E-state index contributed by atoms with van der Waals surface area (Å²) in [6.45, 7) is 2.40. The number of nitrogens with zero attached hydrogens (tertiary/aromatic N) is 3. The Labute approximate surface area is 163 Å². The number of fused-ring (bicyclic) bond motifs is 1. The zero-order chi connectivity index (χ0) is 19.3. The van der Waals surface area contributed by atoms with E-state index in [0.29, 0.717) is 12.0 Å². The van der Waals surface area contributed by atoms with Crippen molar-refractivity contribution in [2.24, 2.45) is 10.7 Å². The molecule has 0 spiro atoms. The molecule has 0 fully saturated rings. The van der Waals surface area contributed by atoms with E-state index in [1.54, 1.807) is 17.3 Å². The second-order valence-electron chi connectivity index (χ2n) is 6.72. The number of nitrogens with two attached hydrogens (primary N) is 1. The maximum Gasteiger partial charge on any atom is 0.231 e. The van der Waals surface area contributed by atoms with Crippen molar-refractivity contribution in [2.75, 3.05) is 18.0 Å². The van der Waals surface area contributed by atoms with Gasteiger partial charge in [-0.1, -0.05) is 12.1 Å². The lowest BCUT2D eigenvalue weighted by Crippen LogP contribution is -2.41. The number of nitrogens with one attached hydrogen (secondary N) is 2. The molecule has 3 heterocycles. The Morgan fingerprint density at radius 2 is 1.93 bits per heavy atom. The highest BCUT2D eigenvalue weighted by atomic mass is 16.3. The van der Waals surface area contributed by atoms with Crippen molar-refractivity contribution in [3.8, 4) is 11.3 Å². The molecule has 0 saturated carbocycles. The summed E-state index contributed by atoms with van der Waals surface area (Å²) in [5.74, 6) is 0. The first-order chi connectivity index (χ1) is 13.7. The summed E-state index contributed by atoms with van der Waals surface area (Å²) in [5, 5.41) is 14.8. The molecular formula is C21H24N6O. The van der Waals surface area contributed by atoms with E-state index in [-0.39, 0.29) is 0 Å². The number of aliphatic hydroxyl groups is 1. The summed E-state index contributed by atoms with van der Waals surface area (Å²) in [5.41, 5.74) is 10.2. The highest BCUT2D eigenvalue weighted by Crippen LogP contribution is 2.20. The minimum Gasteiger partial charge on any atom is -0.355 e. The molecule has 144 valence electrons. The molecule has 5 N–H and O–H groups in total. The lowest BCUT2D eigenvalue weighted by Gasteiger charge is -2.25. The van der Waals surface area contributed by atoms with Crippen LogP contribution in [0.2, 0.25) is 0 Å². The van der Waals surface area contributed by atoms with Crippen LogP contribution in [0.1, 0.15) is 12.0 Å². The summed E-state index contributed by atoms with van der Waals surface area (Å²) in [7, 11) is 0. The van der Waals surface area contributed by atoms with Gasteiger partial charge in [0.25, 0.3) is 0 Å². The van der Waals surface area contributed by atoms with Crippen LogP contribution < -0.4 is 26.7 Å². The van der Waals surface area contributed by atoms with Gasteiger partial charge in [0.1, 0.15) is 5.49 Å². The van der Waals surface area contributed by atoms with E-state index in [4.69, 9.17) is 5.73 Å². The third-order valence-electron chi connectivity index (χ3n) is 4.71. The molecule has 0 bridgehead atoms. The fourth-order valence-corrected chi connectivity index (χ4v) is 3.20. The van der Waals surface area contributed by atoms with Crippen LogP contribution in [0.25, 0.3) is 17.5 Å². The van der Waals surface area contributed by atoms with Gasteiger partial charge in [-0.2, -0.15) is 0 Å². The van der Waals surface area contributed by atoms with Crippen molar-refractivity contribution < 1.29 is 5.11 Å². The van der Waals surface area contributed by atoms with Crippen molar-refractivity contribution in [2.45, 2.75) is 19.3 Å². The van der Waals surface area contributed by atoms with Crippen molar-refractivity contribution in [1.29, 1.82) is 0 Å². The van der Waals surface area contributed by atoms with Crippen molar-refractivity contribution in [3.05, 3.63) is 71.1 Å². The molecule has 0 amide bonds. The van der Waals surface area contributed by atoms with Crippen LogP contribution in [0.15, 0.2) is 59.9 Å². The Hall–Kier alpha value is -3.00. The van der Waals surface area contributed by atoms with E-state index >= 15 is 0 Å². The van der Waals surface area contributed by atoms with Gasteiger partial charge in [-0.15, -0.1) is 0 Å². The van der Waals surface area contributed by atoms with Gasteiger partial charge in [0.05, 0.1) is 0 Å². The molecule has 7 nitrogen and oxygen atoms in total. The van der Waals surface area contributed by atoms with Crippen molar-refractivity contribution >= 4 is 11.9 Å². The van der Waals surface area contributed by atoms with E-state index in [2.05, 4.69) is 32.4 Å². The van der Waals surface area contributed by atoms with E-state index < -0.39 is 6.35 Å². The van der Waals surface area contributed by atoms with Gasteiger partial charge in [0, 0.05) is 47.3 Å². The summed E-state index contributed by atoms with van der Waals surface area (Å²) in [6.07, 6.45) is 5.43. The second kappa shape index (κ2) is 8.35. The molecule has 0 saturated heterocycles. The lowest BCUT2D eigenvalue weighted by molar-refractivity contribution is 0.186. The highest BCUT2D eigenvalue weighted by molar-refractivity contribution is 5.63. The Morgan fingerprint density at radius 1 is 1.14 bits per heavy atom. The smallest absolute Gasteiger partial charge is 0.231 e. The quantitative estimate of drug-likeness (QED) is 0.454. The number of rotatable bonds is 7. The van der Waals surface area contributed by atoms with Crippen LogP contribution in [-0.2, 0) is 6.54 Å². The van der Waals surface area contributed by atoms with Crippen LogP contribution >= 0.6 is 0 Å². The number of benzene rings is 1. The average molecular weight is 376 g/mol. The molecule has 2 aromatic heterocycles. The van der Waals surface area contributed by atoms with E-state index in [1.165, 1.54) is 5.56 Å². The number of aliphatic hydroxyl groups excluding tert-OH is 1. The minimum atomic E-state index is -0.968. The predicted molar refractivity (Wildman–Crippen MR) is 110 cm³/mol. The summed E-state index contributed by atoms with van der Waals surface area (Å²) in [6, 6.07) is 14.0. The summed E-state index contributed by atoms with van der Waals surface area (Å²) >= 11 is 0.